The molecule has 0 aliphatic rings. The van der Waals surface area contributed by atoms with E-state index in [1.165, 1.54) is 4.57 Å². The normalized spacial score (nSPS) is 11.0. The van der Waals surface area contributed by atoms with Gasteiger partial charge in [-0.25, -0.2) is 4.68 Å². The monoisotopic (exact) mass is 448 g/mol. The smallest absolute Gasteiger partial charge is 0.253 e. The van der Waals surface area contributed by atoms with Crippen molar-refractivity contribution >= 4 is 22.6 Å². The summed E-state index contributed by atoms with van der Waals surface area (Å²) >= 11 is 0. The molecule has 0 bridgehead atoms. The maximum atomic E-state index is 13.4. The summed E-state index contributed by atoms with van der Waals surface area (Å²) in [5.74, 6) is -0.274. The van der Waals surface area contributed by atoms with E-state index in [2.05, 4.69) is 5.32 Å². The number of benzene rings is 3. The third kappa shape index (κ3) is 3.90. The molecule has 3 aromatic carbocycles. The molecule has 34 heavy (non-hydrogen) atoms. The Kier molecular flexibility index (Phi) is 5.55. The lowest BCUT2D eigenvalue weighted by molar-refractivity contribution is -0.116. The molecule has 1 amide bonds. The third-order valence-corrected chi connectivity index (χ3v) is 5.90. The number of fused-ring (bicyclic) bond motifs is 1. The van der Waals surface area contributed by atoms with Crippen molar-refractivity contribution < 1.29 is 4.79 Å². The van der Waals surface area contributed by atoms with Crippen LogP contribution in [-0.4, -0.2) is 20.3 Å². The van der Waals surface area contributed by atoms with Gasteiger partial charge >= 0.3 is 0 Å². The van der Waals surface area contributed by atoms with Crippen LogP contribution in [0.25, 0.3) is 27.8 Å². The first-order valence-corrected chi connectivity index (χ1v) is 11.1. The number of nitrogens with zero attached hydrogens (tertiary/aromatic N) is 3. The number of pyridine rings is 1. The van der Waals surface area contributed by atoms with E-state index in [1.54, 1.807) is 10.7 Å². The topological polar surface area (TPSA) is 68.9 Å². The molecule has 0 saturated carbocycles. The van der Waals surface area contributed by atoms with E-state index in [0.29, 0.717) is 5.65 Å². The van der Waals surface area contributed by atoms with Gasteiger partial charge in [0.2, 0.25) is 5.91 Å². The van der Waals surface area contributed by atoms with Gasteiger partial charge in [-0.05, 0) is 48.7 Å². The predicted octanol–water partition coefficient (Wildman–Crippen LogP) is 5.11. The molecule has 6 heteroatoms. The van der Waals surface area contributed by atoms with Crippen molar-refractivity contribution in [3.8, 4) is 16.8 Å². The number of rotatable bonds is 5. The molecule has 0 radical (unpaired) electrons. The van der Waals surface area contributed by atoms with Crippen LogP contribution in [-0.2, 0) is 11.3 Å². The van der Waals surface area contributed by atoms with Gasteiger partial charge in [-0.1, -0.05) is 66.7 Å². The first-order chi connectivity index (χ1) is 16.5. The zero-order chi connectivity index (χ0) is 23.7. The summed E-state index contributed by atoms with van der Waals surface area (Å²) in [5.41, 5.74) is 5.35. The molecule has 0 fully saturated rings. The summed E-state index contributed by atoms with van der Waals surface area (Å²) in [7, 11) is 0. The van der Waals surface area contributed by atoms with Crippen LogP contribution in [0.2, 0.25) is 0 Å². The van der Waals surface area contributed by atoms with Gasteiger partial charge in [0.05, 0.1) is 11.4 Å². The number of aromatic nitrogens is 3. The Balaban J connectivity index is 1.70. The van der Waals surface area contributed by atoms with Gasteiger partial charge in [-0.15, -0.1) is 0 Å². The third-order valence-electron chi connectivity index (χ3n) is 5.90. The van der Waals surface area contributed by atoms with Crippen LogP contribution in [0.1, 0.15) is 11.3 Å². The number of hydrogen-bond acceptors (Lipinski definition) is 3. The number of amides is 1. The van der Waals surface area contributed by atoms with Crippen molar-refractivity contribution in [2.75, 3.05) is 5.32 Å². The SMILES string of the molecule is Cc1ccccc1NC(=O)Cn1c(=O)cc(-c2ccccc2)c2c(C)nn(-c3ccccc3)c21. The van der Waals surface area contributed by atoms with E-state index in [1.807, 2.05) is 98.8 Å². The summed E-state index contributed by atoms with van der Waals surface area (Å²) in [6.45, 7) is 3.73. The summed E-state index contributed by atoms with van der Waals surface area (Å²) in [5, 5.41) is 8.56. The lowest BCUT2D eigenvalue weighted by Crippen LogP contribution is -2.29. The summed E-state index contributed by atoms with van der Waals surface area (Å²) in [4.78, 5) is 26.5. The Morgan fingerprint density at radius 1 is 0.882 bits per heavy atom. The highest BCUT2D eigenvalue weighted by molar-refractivity contribution is 5.97. The first kappa shape index (κ1) is 21.4. The fourth-order valence-corrected chi connectivity index (χ4v) is 4.25. The van der Waals surface area contributed by atoms with E-state index in [9.17, 15) is 9.59 Å². The van der Waals surface area contributed by atoms with Gasteiger partial charge in [-0.2, -0.15) is 5.10 Å². The van der Waals surface area contributed by atoms with Crippen molar-refractivity contribution in [2.45, 2.75) is 20.4 Å². The number of para-hydroxylation sites is 2. The number of anilines is 1. The molecular weight excluding hydrogens is 424 g/mol. The van der Waals surface area contributed by atoms with Crippen LogP contribution in [0.4, 0.5) is 5.69 Å². The van der Waals surface area contributed by atoms with Crippen molar-refractivity contribution in [1.82, 2.24) is 14.3 Å². The minimum Gasteiger partial charge on any atom is -0.324 e. The van der Waals surface area contributed by atoms with Gasteiger partial charge in [0, 0.05) is 17.1 Å². The maximum Gasteiger partial charge on any atom is 0.253 e. The fourth-order valence-electron chi connectivity index (χ4n) is 4.25. The average molecular weight is 449 g/mol. The number of hydrogen-bond donors (Lipinski definition) is 1. The van der Waals surface area contributed by atoms with Crippen molar-refractivity contribution in [3.63, 3.8) is 0 Å². The Hall–Kier alpha value is -4.45. The quantitative estimate of drug-likeness (QED) is 0.406. The standard InChI is InChI=1S/C28H24N4O2/c1-19-11-9-10-16-24(19)29-25(33)18-31-26(34)17-23(21-12-5-3-6-13-21)27-20(2)30-32(28(27)31)22-14-7-4-8-15-22/h3-17H,18H2,1-2H3,(H,29,33). The molecule has 0 unspecified atom stereocenters. The van der Waals surface area contributed by atoms with Crippen LogP contribution in [0, 0.1) is 13.8 Å². The van der Waals surface area contributed by atoms with Crippen molar-refractivity contribution in [1.29, 1.82) is 0 Å². The second kappa shape index (κ2) is 8.83. The van der Waals surface area contributed by atoms with Crippen LogP contribution in [0.15, 0.2) is 95.8 Å². The lowest BCUT2D eigenvalue weighted by Gasteiger charge is -2.14. The van der Waals surface area contributed by atoms with E-state index >= 15 is 0 Å². The van der Waals surface area contributed by atoms with Crippen LogP contribution < -0.4 is 10.9 Å². The second-order valence-electron chi connectivity index (χ2n) is 8.24. The fraction of sp³-hybridized carbons (Fsp3) is 0.107. The largest absolute Gasteiger partial charge is 0.324 e. The highest BCUT2D eigenvalue weighted by Crippen LogP contribution is 2.31. The Morgan fingerprint density at radius 2 is 1.53 bits per heavy atom. The number of carbonyl (C=O) groups is 1. The lowest BCUT2D eigenvalue weighted by atomic mass is 10.0. The second-order valence-corrected chi connectivity index (χ2v) is 8.24. The highest BCUT2D eigenvalue weighted by Gasteiger charge is 2.21. The minimum absolute atomic E-state index is 0.128. The molecule has 0 atom stereocenters. The molecular formula is C28H24N4O2. The zero-order valence-electron chi connectivity index (χ0n) is 19.0. The highest BCUT2D eigenvalue weighted by atomic mass is 16.2. The summed E-state index contributed by atoms with van der Waals surface area (Å²) < 4.78 is 3.25. The van der Waals surface area contributed by atoms with E-state index in [4.69, 9.17) is 5.10 Å². The maximum absolute atomic E-state index is 13.4. The van der Waals surface area contributed by atoms with Gasteiger partial charge in [0.15, 0.2) is 0 Å². The molecule has 1 N–H and O–H groups in total. The zero-order valence-corrected chi connectivity index (χ0v) is 19.0. The molecule has 5 aromatic rings. The van der Waals surface area contributed by atoms with Crippen LogP contribution in [0.5, 0.6) is 0 Å². The van der Waals surface area contributed by atoms with Gasteiger partial charge < -0.3 is 5.32 Å². The van der Waals surface area contributed by atoms with Crippen LogP contribution >= 0.6 is 0 Å². The molecule has 0 aliphatic carbocycles. The molecule has 2 aromatic heterocycles. The summed E-state index contributed by atoms with van der Waals surface area (Å²) in [6, 6.07) is 28.6. The first-order valence-electron chi connectivity index (χ1n) is 11.1. The Bertz CT molecular complexity index is 1550. The Morgan fingerprint density at radius 3 is 2.24 bits per heavy atom. The van der Waals surface area contributed by atoms with E-state index < -0.39 is 0 Å². The summed E-state index contributed by atoms with van der Waals surface area (Å²) in [6.07, 6.45) is 0. The van der Waals surface area contributed by atoms with Crippen molar-refractivity contribution in [3.05, 3.63) is 113 Å². The van der Waals surface area contributed by atoms with Crippen LogP contribution in [0.3, 0.4) is 0 Å². The molecule has 5 rings (SSSR count). The van der Waals surface area contributed by atoms with Gasteiger partial charge in [0.25, 0.3) is 5.56 Å². The van der Waals surface area contributed by atoms with E-state index in [-0.39, 0.29) is 18.0 Å². The molecule has 0 aliphatic heterocycles. The van der Waals surface area contributed by atoms with Gasteiger partial charge in [0.1, 0.15) is 12.2 Å². The van der Waals surface area contributed by atoms with Crippen molar-refractivity contribution in [2.24, 2.45) is 0 Å². The predicted molar refractivity (Wildman–Crippen MR) is 135 cm³/mol. The number of aryl methyl sites for hydroxylation is 2. The van der Waals surface area contributed by atoms with E-state index in [0.717, 1.165) is 39.1 Å². The average Bonchev–Trinajstić information content (AvgIpc) is 3.20. The molecule has 0 spiro atoms. The number of nitrogens with one attached hydrogen (secondary N) is 1. The molecule has 0 saturated heterocycles. The molecule has 168 valence electrons. The Labute approximate surface area is 197 Å². The molecule has 6 nitrogen and oxygen atoms in total. The number of carbonyl (C=O) groups excluding carboxylic acids is 1. The van der Waals surface area contributed by atoms with Gasteiger partial charge in [-0.3, -0.25) is 14.2 Å². The molecule has 2 heterocycles. The minimum atomic E-state index is -0.274.